The second-order valence-corrected chi connectivity index (χ2v) is 5.99. The highest BCUT2D eigenvalue weighted by molar-refractivity contribution is 5.78. The molecule has 22 heavy (non-hydrogen) atoms. The Hall–Kier alpha value is -1.59. The summed E-state index contributed by atoms with van der Waals surface area (Å²) in [5, 5.41) is 10.1. The van der Waals surface area contributed by atoms with Crippen molar-refractivity contribution in [2.75, 3.05) is 26.4 Å². The summed E-state index contributed by atoms with van der Waals surface area (Å²) in [6, 6.07) is 9.32. The standard InChI is InChI=1S/C17H23NO4/c19-16-8-4-7-14(16)15-11-21-10-9-18(15)17(20)12-22-13-5-2-1-3-6-13/h1-3,5-6,14-16,19H,4,7-12H2/t14-,15+,16-/m0/s1. The minimum Gasteiger partial charge on any atom is -0.484 e. The van der Waals surface area contributed by atoms with Crippen LogP contribution in [0.4, 0.5) is 0 Å². The number of amides is 1. The fourth-order valence-corrected chi connectivity index (χ4v) is 3.45. The van der Waals surface area contributed by atoms with E-state index in [1.54, 1.807) is 0 Å². The summed E-state index contributed by atoms with van der Waals surface area (Å²) in [4.78, 5) is 14.3. The zero-order valence-corrected chi connectivity index (χ0v) is 12.7. The van der Waals surface area contributed by atoms with E-state index < -0.39 is 0 Å². The van der Waals surface area contributed by atoms with Gasteiger partial charge >= 0.3 is 0 Å². The van der Waals surface area contributed by atoms with Crippen LogP contribution in [0, 0.1) is 5.92 Å². The molecular formula is C17H23NO4. The Bertz CT molecular complexity index is 493. The van der Waals surface area contributed by atoms with Crippen LogP contribution in [0.5, 0.6) is 5.75 Å². The maximum absolute atomic E-state index is 12.5. The molecule has 1 N–H and O–H groups in total. The van der Waals surface area contributed by atoms with Gasteiger partial charge in [-0.05, 0) is 25.0 Å². The molecule has 1 aromatic carbocycles. The lowest BCUT2D eigenvalue weighted by molar-refractivity contribution is -0.146. The van der Waals surface area contributed by atoms with E-state index >= 15 is 0 Å². The minimum atomic E-state index is -0.322. The largest absolute Gasteiger partial charge is 0.484 e. The third kappa shape index (κ3) is 3.42. The first kappa shape index (κ1) is 15.3. The van der Waals surface area contributed by atoms with Gasteiger partial charge in [0.1, 0.15) is 5.75 Å². The van der Waals surface area contributed by atoms with Crippen LogP contribution in [0.1, 0.15) is 19.3 Å². The molecular weight excluding hydrogens is 282 g/mol. The highest BCUT2D eigenvalue weighted by atomic mass is 16.5. The highest BCUT2D eigenvalue weighted by Crippen LogP contribution is 2.32. The van der Waals surface area contributed by atoms with E-state index in [1.807, 2.05) is 35.2 Å². The van der Waals surface area contributed by atoms with Gasteiger partial charge in [-0.15, -0.1) is 0 Å². The van der Waals surface area contributed by atoms with Crippen LogP contribution in [0.2, 0.25) is 0 Å². The van der Waals surface area contributed by atoms with Gasteiger partial charge in [-0.25, -0.2) is 0 Å². The van der Waals surface area contributed by atoms with Gasteiger partial charge in [0.15, 0.2) is 6.61 Å². The van der Waals surface area contributed by atoms with Crippen LogP contribution in [0.3, 0.4) is 0 Å². The lowest BCUT2D eigenvalue weighted by Crippen LogP contribution is -2.54. The molecule has 2 fully saturated rings. The Labute approximate surface area is 130 Å². The van der Waals surface area contributed by atoms with Crippen molar-refractivity contribution in [1.82, 2.24) is 4.90 Å². The summed E-state index contributed by atoms with van der Waals surface area (Å²) in [6.45, 7) is 1.67. The molecule has 0 unspecified atom stereocenters. The zero-order chi connectivity index (χ0) is 15.4. The number of hydrogen-bond donors (Lipinski definition) is 1. The van der Waals surface area contributed by atoms with E-state index in [9.17, 15) is 9.90 Å². The number of aliphatic hydroxyl groups excluding tert-OH is 1. The Morgan fingerprint density at radius 3 is 2.86 bits per heavy atom. The van der Waals surface area contributed by atoms with Gasteiger partial charge in [0.25, 0.3) is 5.91 Å². The first-order valence-corrected chi connectivity index (χ1v) is 7.99. The molecule has 1 saturated carbocycles. The van der Waals surface area contributed by atoms with Crippen molar-refractivity contribution in [1.29, 1.82) is 0 Å². The van der Waals surface area contributed by atoms with Crippen LogP contribution >= 0.6 is 0 Å². The molecule has 0 aromatic heterocycles. The molecule has 2 aliphatic rings. The van der Waals surface area contributed by atoms with Crippen LogP contribution in [-0.2, 0) is 9.53 Å². The van der Waals surface area contributed by atoms with Gasteiger partial charge in [0.2, 0.25) is 0 Å². The minimum absolute atomic E-state index is 0.0295. The van der Waals surface area contributed by atoms with Crippen molar-refractivity contribution < 1.29 is 19.4 Å². The van der Waals surface area contributed by atoms with Crippen LogP contribution in [-0.4, -0.2) is 54.4 Å². The number of nitrogens with zero attached hydrogens (tertiary/aromatic N) is 1. The molecule has 5 nitrogen and oxygen atoms in total. The summed E-state index contributed by atoms with van der Waals surface area (Å²) in [5.74, 6) is 0.791. The number of benzene rings is 1. The Morgan fingerprint density at radius 1 is 1.32 bits per heavy atom. The number of para-hydroxylation sites is 1. The summed E-state index contributed by atoms with van der Waals surface area (Å²) in [6.07, 6.45) is 2.48. The summed E-state index contributed by atoms with van der Waals surface area (Å²) < 4.78 is 11.1. The van der Waals surface area contributed by atoms with Gasteiger partial charge < -0.3 is 19.5 Å². The predicted molar refractivity (Wildman–Crippen MR) is 81.6 cm³/mol. The van der Waals surface area contributed by atoms with Crippen LogP contribution in [0.15, 0.2) is 30.3 Å². The average Bonchev–Trinajstić information content (AvgIpc) is 2.99. The first-order valence-electron chi connectivity index (χ1n) is 7.99. The van der Waals surface area contributed by atoms with E-state index in [-0.39, 0.29) is 30.6 Å². The fourth-order valence-electron chi connectivity index (χ4n) is 3.45. The van der Waals surface area contributed by atoms with Gasteiger partial charge in [-0.2, -0.15) is 0 Å². The third-order valence-corrected chi connectivity index (χ3v) is 4.62. The fraction of sp³-hybridized carbons (Fsp3) is 0.588. The van der Waals surface area contributed by atoms with Crippen LogP contribution < -0.4 is 4.74 Å². The van der Waals surface area contributed by atoms with E-state index in [2.05, 4.69) is 0 Å². The molecule has 1 amide bonds. The molecule has 1 heterocycles. The summed E-state index contributed by atoms with van der Waals surface area (Å²) in [5.41, 5.74) is 0. The second kappa shape index (κ2) is 7.11. The molecule has 3 rings (SSSR count). The molecule has 3 atom stereocenters. The quantitative estimate of drug-likeness (QED) is 0.915. The molecule has 1 aromatic rings. The molecule has 0 radical (unpaired) electrons. The summed E-state index contributed by atoms with van der Waals surface area (Å²) >= 11 is 0. The van der Waals surface area contributed by atoms with Crippen molar-refractivity contribution in [2.24, 2.45) is 5.92 Å². The van der Waals surface area contributed by atoms with Crippen molar-refractivity contribution >= 4 is 5.91 Å². The Morgan fingerprint density at radius 2 is 2.14 bits per heavy atom. The topological polar surface area (TPSA) is 59.0 Å². The highest BCUT2D eigenvalue weighted by Gasteiger charge is 2.39. The lowest BCUT2D eigenvalue weighted by Gasteiger charge is -2.40. The van der Waals surface area contributed by atoms with Gasteiger partial charge in [0, 0.05) is 12.5 Å². The summed E-state index contributed by atoms with van der Waals surface area (Å²) in [7, 11) is 0. The average molecular weight is 305 g/mol. The lowest BCUT2D eigenvalue weighted by atomic mass is 9.94. The number of carbonyl (C=O) groups is 1. The Kier molecular flexibility index (Phi) is 4.95. The van der Waals surface area contributed by atoms with Gasteiger partial charge in [-0.1, -0.05) is 24.6 Å². The van der Waals surface area contributed by atoms with E-state index in [0.717, 1.165) is 19.3 Å². The van der Waals surface area contributed by atoms with Gasteiger partial charge in [-0.3, -0.25) is 4.79 Å². The van der Waals surface area contributed by atoms with Crippen molar-refractivity contribution in [3.05, 3.63) is 30.3 Å². The van der Waals surface area contributed by atoms with Crippen molar-refractivity contribution in [3.63, 3.8) is 0 Å². The maximum atomic E-state index is 12.5. The second-order valence-electron chi connectivity index (χ2n) is 5.99. The number of morpholine rings is 1. The first-order chi connectivity index (χ1) is 10.8. The molecule has 5 heteroatoms. The predicted octanol–water partition coefficient (Wildman–Crippen LogP) is 1.45. The molecule has 120 valence electrons. The SMILES string of the molecule is O=C(COc1ccccc1)N1CCOC[C@@H]1[C@@H]1CCC[C@@H]1O. The third-order valence-electron chi connectivity index (χ3n) is 4.62. The van der Waals surface area contributed by atoms with Crippen molar-refractivity contribution in [3.8, 4) is 5.75 Å². The number of hydrogen-bond acceptors (Lipinski definition) is 4. The van der Waals surface area contributed by atoms with Gasteiger partial charge in [0.05, 0.1) is 25.4 Å². The van der Waals surface area contributed by atoms with Crippen LogP contribution in [0.25, 0.3) is 0 Å². The molecule has 1 aliphatic heterocycles. The van der Waals surface area contributed by atoms with E-state index in [1.165, 1.54) is 0 Å². The molecule has 0 spiro atoms. The number of carbonyl (C=O) groups excluding carboxylic acids is 1. The number of rotatable bonds is 4. The van der Waals surface area contributed by atoms with E-state index in [4.69, 9.17) is 9.47 Å². The number of aliphatic hydroxyl groups is 1. The molecule has 1 saturated heterocycles. The zero-order valence-electron chi connectivity index (χ0n) is 12.7. The smallest absolute Gasteiger partial charge is 0.260 e. The van der Waals surface area contributed by atoms with E-state index in [0.29, 0.717) is 25.5 Å². The monoisotopic (exact) mass is 305 g/mol. The van der Waals surface area contributed by atoms with Crippen molar-refractivity contribution in [2.45, 2.75) is 31.4 Å². The number of ether oxygens (including phenoxy) is 2. The normalized spacial score (nSPS) is 28.6. The molecule has 1 aliphatic carbocycles. The maximum Gasteiger partial charge on any atom is 0.260 e. The molecule has 0 bridgehead atoms. The Balaban J connectivity index is 1.61.